The van der Waals surface area contributed by atoms with Gasteiger partial charge in [0.1, 0.15) is 5.82 Å². The zero-order chi connectivity index (χ0) is 15.2. The van der Waals surface area contributed by atoms with Crippen molar-refractivity contribution in [3.63, 3.8) is 0 Å². The van der Waals surface area contributed by atoms with E-state index in [0.717, 1.165) is 10.5 Å². The van der Waals surface area contributed by atoms with Crippen molar-refractivity contribution in [3.8, 4) is 0 Å². The maximum absolute atomic E-state index is 12.8. The number of amides is 1. The molecule has 4 heteroatoms. The van der Waals surface area contributed by atoms with Gasteiger partial charge in [-0.3, -0.25) is 4.79 Å². The molecule has 0 radical (unpaired) electrons. The topological polar surface area (TPSA) is 20.3 Å². The number of halogens is 1. The molecule has 0 bridgehead atoms. The van der Waals surface area contributed by atoms with E-state index in [0.29, 0.717) is 5.75 Å². The summed E-state index contributed by atoms with van der Waals surface area (Å²) in [5.41, 5.74) is 1.11. The van der Waals surface area contributed by atoms with Gasteiger partial charge >= 0.3 is 0 Å². The van der Waals surface area contributed by atoms with E-state index in [1.807, 2.05) is 44.3 Å². The summed E-state index contributed by atoms with van der Waals surface area (Å²) in [6, 6.07) is 16.2. The van der Waals surface area contributed by atoms with Gasteiger partial charge in [-0.25, -0.2) is 4.39 Å². The van der Waals surface area contributed by atoms with Crippen LogP contribution in [0.15, 0.2) is 59.5 Å². The Bertz CT molecular complexity index is 585. The average molecular weight is 303 g/mol. The summed E-state index contributed by atoms with van der Waals surface area (Å²) >= 11 is 1.42. The van der Waals surface area contributed by atoms with E-state index in [4.69, 9.17) is 0 Å². The predicted octanol–water partition coefficient (Wildman–Crippen LogP) is 4.14. The first-order chi connectivity index (χ1) is 10.1. The molecular formula is C17H18FNOS. The largest absolute Gasteiger partial charge is 0.338 e. The van der Waals surface area contributed by atoms with Crippen molar-refractivity contribution >= 4 is 17.7 Å². The quantitative estimate of drug-likeness (QED) is 0.774. The monoisotopic (exact) mass is 303 g/mol. The van der Waals surface area contributed by atoms with Crippen molar-refractivity contribution in [3.05, 3.63) is 66.0 Å². The third-order valence-corrected chi connectivity index (χ3v) is 4.43. The summed E-state index contributed by atoms with van der Waals surface area (Å²) in [7, 11) is 1.81. The summed E-state index contributed by atoms with van der Waals surface area (Å²) in [5, 5.41) is 0. The van der Waals surface area contributed by atoms with Crippen LogP contribution in [0.4, 0.5) is 4.39 Å². The fourth-order valence-electron chi connectivity index (χ4n) is 1.95. The van der Waals surface area contributed by atoms with Gasteiger partial charge in [0, 0.05) is 11.9 Å². The number of carbonyl (C=O) groups is 1. The molecule has 110 valence electrons. The second-order valence-electron chi connectivity index (χ2n) is 4.83. The molecule has 2 aromatic rings. The van der Waals surface area contributed by atoms with E-state index in [1.54, 1.807) is 17.0 Å². The van der Waals surface area contributed by atoms with Crippen LogP contribution in [-0.4, -0.2) is 23.6 Å². The van der Waals surface area contributed by atoms with Crippen molar-refractivity contribution in [1.29, 1.82) is 0 Å². The molecule has 0 fully saturated rings. The lowest BCUT2D eigenvalue weighted by Gasteiger charge is -2.25. The third kappa shape index (κ3) is 4.33. The number of thioether (sulfide) groups is 1. The molecule has 0 spiro atoms. The van der Waals surface area contributed by atoms with Crippen molar-refractivity contribution in [1.82, 2.24) is 4.90 Å². The summed E-state index contributed by atoms with van der Waals surface area (Å²) in [6.07, 6.45) is 0. The van der Waals surface area contributed by atoms with Gasteiger partial charge in [0.25, 0.3) is 0 Å². The van der Waals surface area contributed by atoms with Gasteiger partial charge in [0.15, 0.2) is 0 Å². The van der Waals surface area contributed by atoms with E-state index in [-0.39, 0.29) is 17.8 Å². The number of carbonyl (C=O) groups excluding carboxylic acids is 1. The number of nitrogens with zero attached hydrogens (tertiary/aromatic N) is 1. The Balaban J connectivity index is 1.92. The van der Waals surface area contributed by atoms with Gasteiger partial charge in [0.05, 0.1) is 11.8 Å². The molecule has 2 nitrogen and oxygen atoms in total. The van der Waals surface area contributed by atoms with Crippen LogP contribution >= 0.6 is 11.8 Å². The molecule has 2 rings (SSSR count). The van der Waals surface area contributed by atoms with Crippen LogP contribution in [0.3, 0.4) is 0 Å². The highest BCUT2D eigenvalue weighted by molar-refractivity contribution is 8.00. The van der Waals surface area contributed by atoms with Crippen LogP contribution in [-0.2, 0) is 4.79 Å². The molecule has 0 aromatic heterocycles. The van der Waals surface area contributed by atoms with Crippen LogP contribution in [0.2, 0.25) is 0 Å². The average Bonchev–Trinajstić information content (AvgIpc) is 2.53. The molecular weight excluding hydrogens is 285 g/mol. The van der Waals surface area contributed by atoms with Crippen molar-refractivity contribution in [2.24, 2.45) is 0 Å². The van der Waals surface area contributed by atoms with Crippen LogP contribution in [0, 0.1) is 5.82 Å². The fourth-order valence-corrected chi connectivity index (χ4v) is 2.77. The van der Waals surface area contributed by atoms with Crippen LogP contribution in [0.1, 0.15) is 18.5 Å². The Labute approximate surface area is 129 Å². The molecule has 0 heterocycles. The molecule has 0 aliphatic rings. The Morgan fingerprint density at radius 1 is 1.14 bits per heavy atom. The first kappa shape index (κ1) is 15.6. The summed E-state index contributed by atoms with van der Waals surface area (Å²) in [4.78, 5) is 14.9. The zero-order valence-corrected chi connectivity index (χ0v) is 12.9. The summed E-state index contributed by atoms with van der Waals surface area (Å²) < 4.78 is 12.8. The Kier molecular flexibility index (Phi) is 5.39. The van der Waals surface area contributed by atoms with E-state index in [1.165, 1.54) is 23.9 Å². The first-order valence-electron chi connectivity index (χ1n) is 6.77. The predicted molar refractivity (Wildman–Crippen MR) is 84.8 cm³/mol. The highest BCUT2D eigenvalue weighted by atomic mass is 32.2. The minimum Gasteiger partial charge on any atom is -0.338 e. The van der Waals surface area contributed by atoms with Crippen molar-refractivity contribution < 1.29 is 9.18 Å². The zero-order valence-electron chi connectivity index (χ0n) is 12.1. The molecule has 0 saturated carbocycles. The SMILES string of the molecule is CC(c1ccccc1)N(C)C(=O)CSc1ccc(F)cc1. The number of benzene rings is 2. The molecule has 2 aromatic carbocycles. The molecule has 0 aliphatic carbocycles. The lowest BCUT2D eigenvalue weighted by molar-refractivity contribution is -0.128. The maximum atomic E-state index is 12.8. The lowest BCUT2D eigenvalue weighted by atomic mass is 10.1. The van der Waals surface area contributed by atoms with Gasteiger partial charge in [-0.15, -0.1) is 11.8 Å². The number of hydrogen-bond acceptors (Lipinski definition) is 2. The molecule has 0 N–H and O–H groups in total. The van der Waals surface area contributed by atoms with Crippen LogP contribution < -0.4 is 0 Å². The molecule has 1 unspecified atom stereocenters. The number of rotatable bonds is 5. The third-order valence-electron chi connectivity index (χ3n) is 3.43. The molecule has 0 saturated heterocycles. The van der Waals surface area contributed by atoms with E-state index >= 15 is 0 Å². The van der Waals surface area contributed by atoms with Crippen LogP contribution in [0.5, 0.6) is 0 Å². The Hall–Kier alpha value is -1.81. The van der Waals surface area contributed by atoms with Gasteiger partial charge in [-0.2, -0.15) is 0 Å². The van der Waals surface area contributed by atoms with E-state index < -0.39 is 0 Å². The second-order valence-corrected chi connectivity index (χ2v) is 5.88. The molecule has 0 aliphatic heterocycles. The first-order valence-corrected chi connectivity index (χ1v) is 7.75. The highest BCUT2D eigenvalue weighted by Crippen LogP contribution is 2.22. The van der Waals surface area contributed by atoms with Gasteiger partial charge in [-0.1, -0.05) is 30.3 Å². The van der Waals surface area contributed by atoms with Gasteiger partial charge in [0.2, 0.25) is 5.91 Å². The minimum atomic E-state index is -0.263. The van der Waals surface area contributed by atoms with E-state index in [2.05, 4.69) is 0 Å². The molecule has 1 amide bonds. The Morgan fingerprint density at radius 3 is 2.38 bits per heavy atom. The van der Waals surface area contributed by atoms with Crippen LogP contribution in [0.25, 0.3) is 0 Å². The Morgan fingerprint density at radius 2 is 1.76 bits per heavy atom. The van der Waals surface area contributed by atoms with Crippen molar-refractivity contribution in [2.45, 2.75) is 17.9 Å². The van der Waals surface area contributed by atoms with Gasteiger partial charge in [-0.05, 0) is 36.8 Å². The van der Waals surface area contributed by atoms with E-state index in [9.17, 15) is 9.18 Å². The molecule has 21 heavy (non-hydrogen) atoms. The second kappa shape index (κ2) is 7.27. The normalized spacial score (nSPS) is 12.0. The highest BCUT2D eigenvalue weighted by Gasteiger charge is 2.17. The summed E-state index contributed by atoms with van der Waals surface area (Å²) in [6.45, 7) is 2.01. The molecule has 1 atom stereocenters. The maximum Gasteiger partial charge on any atom is 0.233 e. The van der Waals surface area contributed by atoms with Crippen molar-refractivity contribution in [2.75, 3.05) is 12.8 Å². The lowest BCUT2D eigenvalue weighted by Crippen LogP contribution is -2.31. The summed E-state index contributed by atoms with van der Waals surface area (Å²) in [5.74, 6) is 0.139. The fraction of sp³-hybridized carbons (Fsp3) is 0.235. The standard InChI is InChI=1S/C17H18FNOS/c1-13(14-6-4-3-5-7-14)19(2)17(20)12-21-16-10-8-15(18)9-11-16/h3-11,13H,12H2,1-2H3. The number of hydrogen-bond donors (Lipinski definition) is 0. The minimum absolute atomic E-state index is 0.0347. The van der Waals surface area contributed by atoms with Gasteiger partial charge < -0.3 is 4.90 Å². The smallest absolute Gasteiger partial charge is 0.233 e.